The number of allylic oxidation sites excluding steroid dienone is 1. The third kappa shape index (κ3) is 8.23. The number of nitrogens with one attached hydrogen (secondary N) is 1. The summed E-state index contributed by atoms with van der Waals surface area (Å²) >= 11 is 0. The molecule has 0 aliphatic carbocycles. The number of rotatable bonds is 16. The van der Waals surface area contributed by atoms with Gasteiger partial charge in [0, 0.05) is 12.6 Å². The molecule has 0 radical (unpaired) electrons. The van der Waals surface area contributed by atoms with Gasteiger partial charge in [-0.25, -0.2) is 4.63 Å². The van der Waals surface area contributed by atoms with Crippen LogP contribution in [0.4, 0.5) is 11.4 Å². The topological polar surface area (TPSA) is 161 Å². The van der Waals surface area contributed by atoms with Crippen molar-refractivity contribution in [1.29, 1.82) is 0 Å². The molecule has 0 bridgehead atoms. The lowest BCUT2D eigenvalue weighted by Crippen LogP contribution is -2.36. The number of aromatic nitrogens is 2. The van der Waals surface area contributed by atoms with Crippen molar-refractivity contribution in [3.05, 3.63) is 34.4 Å². The summed E-state index contributed by atoms with van der Waals surface area (Å²) in [5.41, 5.74) is 6.66. The van der Waals surface area contributed by atoms with E-state index in [4.69, 9.17) is 10.8 Å². The maximum absolute atomic E-state index is 11.0. The maximum atomic E-state index is 11.0. The van der Waals surface area contributed by atoms with Crippen molar-refractivity contribution in [2.45, 2.75) is 69.9 Å². The van der Waals surface area contributed by atoms with E-state index < -0.39 is 17.1 Å². The molecular formula is C21H33N5O5. The zero-order chi connectivity index (χ0) is 22.5. The Morgan fingerprint density at radius 2 is 1.74 bits per heavy atom. The Kier molecular flexibility index (Phi) is 10.9. The van der Waals surface area contributed by atoms with Gasteiger partial charge in [-0.3, -0.25) is 10.1 Å². The monoisotopic (exact) mass is 435 g/mol. The predicted molar refractivity (Wildman–Crippen MR) is 119 cm³/mol. The number of hydrogen-bond acceptors (Lipinski definition) is 9. The van der Waals surface area contributed by atoms with E-state index in [1.165, 1.54) is 31.7 Å². The first-order valence-electron chi connectivity index (χ1n) is 10.9. The molecule has 0 fully saturated rings. The number of aliphatic hydroxyl groups excluding tert-OH is 2. The highest BCUT2D eigenvalue weighted by Crippen LogP contribution is 2.28. The van der Waals surface area contributed by atoms with Gasteiger partial charge in [0.1, 0.15) is 0 Å². The van der Waals surface area contributed by atoms with Crippen LogP contribution in [-0.2, 0) is 0 Å². The molecule has 2 aromatic rings. The van der Waals surface area contributed by atoms with Gasteiger partial charge < -0.3 is 21.3 Å². The van der Waals surface area contributed by atoms with Crippen molar-refractivity contribution >= 4 is 22.4 Å². The number of fused-ring (bicyclic) bond motifs is 1. The third-order valence-corrected chi connectivity index (χ3v) is 5.19. The van der Waals surface area contributed by atoms with Crippen LogP contribution in [0.2, 0.25) is 0 Å². The fourth-order valence-corrected chi connectivity index (χ4v) is 3.30. The quantitative estimate of drug-likeness (QED) is 0.134. The number of nitrogens with two attached hydrogens (primary N) is 1. The smallest absolute Gasteiger partial charge is 0.300 e. The first kappa shape index (κ1) is 24.7. The van der Waals surface area contributed by atoms with Crippen LogP contribution in [-0.4, -0.2) is 50.7 Å². The van der Waals surface area contributed by atoms with Crippen molar-refractivity contribution in [3.8, 4) is 0 Å². The van der Waals surface area contributed by atoms with Gasteiger partial charge in [-0.05, 0) is 35.6 Å². The molecule has 0 spiro atoms. The molecule has 0 aliphatic heterocycles. The second-order valence-corrected chi connectivity index (χ2v) is 7.66. The van der Waals surface area contributed by atoms with Gasteiger partial charge in [0.2, 0.25) is 5.52 Å². The fourth-order valence-electron chi connectivity index (χ4n) is 3.30. The van der Waals surface area contributed by atoms with E-state index in [-0.39, 0.29) is 17.8 Å². The number of aliphatic hydroxyl groups is 2. The maximum Gasteiger partial charge on any atom is 0.300 e. The average Bonchev–Trinajstić information content (AvgIpc) is 3.26. The van der Waals surface area contributed by atoms with Crippen molar-refractivity contribution in [2.24, 2.45) is 5.73 Å². The van der Waals surface area contributed by atoms with E-state index in [1.54, 1.807) is 12.1 Å². The third-order valence-electron chi connectivity index (χ3n) is 5.19. The van der Waals surface area contributed by atoms with Gasteiger partial charge in [0.05, 0.1) is 29.4 Å². The number of nitrogens with zero attached hydrogens (tertiary/aromatic N) is 3. The van der Waals surface area contributed by atoms with Crippen molar-refractivity contribution in [3.63, 3.8) is 0 Å². The molecule has 0 saturated carbocycles. The van der Waals surface area contributed by atoms with Crippen LogP contribution in [0.1, 0.15) is 57.8 Å². The number of anilines is 1. The van der Waals surface area contributed by atoms with Gasteiger partial charge in [-0.15, -0.1) is 0 Å². The molecule has 1 heterocycles. The minimum atomic E-state index is -0.779. The Morgan fingerprint density at radius 1 is 1.10 bits per heavy atom. The van der Waals surface area contributed by atoms with Gasteiger partial charge in [-0.2, -0.15) is 0 Å². The van der Waals surface area contributed by atoms with Gasteiger partial charge in [-0.1, -0.05) is 50.7 Å². The lowest BCUT2D eigenvalue weighted by molar-refractivity contribution is -0.383. The van der Waals surface area contributed by atoms with Gasteiger partial charge in [0.25, 0.3) is 0 Å². The van der Waals surface area contributed by atoms with E-state index in [0.29, 0.717) is 11.2 Å². The zero-order valence-electron chi connectivity index (χ0n) is 17.8. The van der Waals surface area contributed by atoms with Crippen LogP contribution in [0.5, 0.6) is 0 Å². The largest absolute Gasteiger partial charge is 0.395 e. The molecule has 10 nitrogen and oxygen atoms in total. The number of benzene rings is 1. The van der Waals surface area contributed by atoms with Crippen LogP contribution in [0.25, 0.3) is 11.0 Å². The molecule has 2 atom stereocenters. The van der Waals surface area contributed by atoms with Crippen LogP contribution < -0.4 is 11.1 Å². The van der Waals surface area contributed by atoms with Crippen molar-refractivity contribution < 1.29 is 19.8 Å². The summed E-state index contributed by atoms with van der Waals surface area (Å²) in [6, 6.07) is 2.44. The number of unbranched alkanes of at least 4 members (excludes halogenated alkanes) is 8. The highest BCUT2D eigenvalue weighted by Gasteiger charge is 2.19. The first-order chi connectivity index (χ1) is 15.0. The summed E-state index contributed by atoms with van der Waals surface area (Å²) in [6.45, 7) is 0.541. The van der Waals surface area contributed by atoms with Gasteiger partial charge in [0.15, 0.2) is 5.52 Å². The molecule has 2 rings (SSSR count). The highest BCUT2D eigenvalue weighted by atomic mass is 16.6. The molecule has 0 amide bonds. The Labute approximate surface area is 181 Å². The van der Waals surface area contributed by atoms with E-state index in [0.717, 1.165) is 38.6 Å². The van der Waals surface area contributed by atoms with E-state index >= 15 is 0 Å². The Bertz CT molecular complexity index is 826. The van der Waals surface area contributed by atoms with E-state index in [2.05, 4.69) is 20.3 Å². The lowest BCUT2D eigenvalue weighted by Gasteiger charge is -2.11. The minimum Gasteiger partial charge on any atom is -0.395 e. The SMILES string of the molecule is N[C@@H](CO)[C@H](O)C=CCCCCCCCCCCNc1ccc([N+](=O)[O-])c2nonc12. The molecule has 172 valence electrons. The first-order valence-corrected chi connectivity index (χ1v) is 10.9. The molecule has 0 saturated heterocycles. The van der Waals surface area contributed by atoms with E-state index in [9.17, 15) is 15.2 Å². The summed E-state index contributed by atoms with van der Waals surface area (Å²) in [5.74, 6) is 0. The Morgan fingerprint density at radius 3 is 2.42 bits per heavy atom. The fraction of sp³-hybridized carbons (Fsp3) is 0.619. The summed E-state index contributed by atoms with van der Waals surface area (Å²) in [6.07, 6.45) is 12.9. The molecule has 1 aromatic carbocycles. The molecule has 31 heavy (non-hydrogen) atoms. The Balaban J connectivity index is 1.49. The average molecular weight is 436 g/mol. The molecule has 5 N–H and O–H groups in total. The lowest BCUT2D eigenvalue weighted by atomic mass is 10.1. The second kappa shape index (κ2) is 13.7. The van der Waals surface area contributed by atoms with Crippen LogP contribution in [0, 0.1) is 10.1 Å². The zero-order valence-corrected chi connectivity index (χ0v) is 17.8. The standard InChI is InChI=1S/C21H33N5O5/c22-16(15-27)19(28)11-9-7-5-3-1-2-4-6-8-10-14-23-17-12-13-18(26(29)30)21-20(17)24-31-25-21/h9,11-13,16,19,23,27-28H,1-8,10,14-15,22H2/t16-,19+/m0/s1. The minimum absolute atomic E-state index is 0.110. The number of hydrogen-bond donors (Lipinski definition) is 4. The molecular weight excluding hydrogens is 402 g/mol. The molecule has 1 aromatic heterocycles. The van der Waals surface area contributed by atoms with Crippen LogP contribution in [0.15, 0.2) is 28.9 Å². The van der Waals surface area contributed by atoms with Crippen LogP contribution >= 0.6 is 0 Å². The number of nitro benzene ring substituents is 1. The predicted octanol–water partition coefficient (Wildman–Crippen LogP) is 3.29. The molecule has 0 unspecified atom stereocenters. The van der Waals surface area contributed by atoms with Crippen molar-refractivity contribution in [1.82, 2.24) is 10.3 Å². The molecule has 10 heteroatoms. The molecule has 0 aliphatic rings. The second-order valence-electron chi connectivity index (χ2n) is 7.66. The Hall–Kier alpha value is -2.56. The van der Waals surface area contributed by atoms with E-state index in [1.807, 2.05) is 6.08 Å². The summed E-state index contributed by atoms with van der Waals surface area (Å²) in [7, 11) is 0. The van der Waals surface area contributed by atoms with Gasteiger partial charge >= 0.3 is 5.69 Å². The van der Waals surface area contributed by atoms with Crippen LogP contribution in [0.3, 0.4) is 0 Å². The highest BCUT2D eigenvalue weighted by molar-refractivity contribution is 5.93. The summed E-state index contributed by atoms with van der Waals surface area (Å²) < 4.78 is 4.66. The summed E-state index contributed by atoms with van der Waals surface area (Å²) in [4.78, 5) is 10.5. The number of non-ortho nitro benzene ring substituents is 1. The number of nitro groups is 1. The summed E-state index contributed by atoms with van der Waals surface area (Å²) in [5, 5.41) is 40.1. The van der Waals surface area contributed by atoms with Crippen molar-refractivity contribution in [2.75, 3.05) is 18.5 Å². The normalized spacial score (nSPS) is 13.6.